The lowest BCUT2D eigenvalue weighted by Gasteiger charge is -2.19. The molecule has 0 atom stereocenters. The van der Waals surface area contributed by atoms with Gasteiger partial charge in [0.15, 0.2) is 0 Å². The average Bonchev–Trinajstić information content (AvgIpc) is 2.90. The van der Waals surface area contributed by atoms with Crippen LogP contribution >= 0.6 is 0 Å². The molecular weight excluding hydrogens is 256 g/mol. The summed E-state index contributed by atoms with van der Waals surface area (Å²) < 4.78 is 0. The summed E-state index contributed by atoms with van der Waals surface area (Å²) in [5.41, 5.74) is 6.17. The summed E-state index contributed by atoms with van der Waals surface area (Å²) in [5.74, 6) is 0. The first kappa shape index (κ1) is 17.4. The molecule has 1 aliphatic rings. The van der Waals surface area contributed by atoms with Gasteiger partial charge >= 0.3 is 0 Å². The van der Waals surface area contributed by atoms with Crippen molar-refractivity contribution in [1.82, 2.24) is 0 Å². The molecule has 2 rings (SSSR count). The standard InChI is InChI=1S/C19H26.CH2O/c1-18(2,3)16-10-7-14(8-11-16)15-9-12-17(13-15)19(4,5)6;1-2/h7-8,10-13H,9H2,1-6H3;1H2. The molecule has 0 heterocycles. The summed E-state index contributed by atoms with van der Waals surface area (Å²) >= 11 is 0. The topological polar surface area (TPSA) is 17.1 Å². The van der Waals surface area contributed by atoms with E-state index in [4.69, 9.17) is 4.79 Å². The summed E-state index contributed by atoms with van der Waals surface area (Å²) in [6.45, 7) is 15.6. The summed E-state index contributed by atoms with van der Waals surface area (Å²) in [7, 11) is 0. The number of rotatable bonds is 1. The van der Waals surface area contributed by atoms with Gasteiger partial charge in [0, 0.05) is 0 Å². The van der Waals surface area contributed by atoms with Gasteiger partial charge in [0.25, 0.3) is 0 Å². The highest BCUT2D eigenvalue weighted by atomic mass is 16.1. The van der Waals surface area contributed by atoms with Crippen LogP contribution in [0.4, 0.5) is 0 Å². The van der Waals surface area contributed by atoms with Crippen LogP contribution in [0.1, 0.15) is 59.1 Å². The third kappa shape index (κ3) is 4.42. The molecule has 1 nitrogen and oxygen atoms in total. The van der Waals surface area contributed by atoms with Crippen LogP contribution in [-0.4, -0.2) is 6.79 Å². The van der Waals surface area contributed by atoms with Crippen molar-refractivity contribution >= 4 is 12.4 Å². The molecule has 1 aromatic carbocycles. The van der Waals surface area contributed by atoms with Crippen LogP contribution in [0.2, 0.25) is 0 Å². The van der Waals surface area contributed by atoms with E-state index in [1.807, 2.05) is 6.79 Å². The third-order valence-corrected chi connectivity index (χ3v) is 3.86. The minimum atomic E-state index is 0.234. The lowest BCUT2D eigenvalue weighted by atomic mass is 9.86. The molecule has 0 N–H and O–H groups in total. The smallest absolute Gasteiger partial charge is 0.106 e. The second-order valence-corrected chi connectivity index (χ2v) is 7.61. The molecule has 1 heteroatoms. The molecule has 0 aromatic heterocycles. The Morgan fingerprint density at radius 3 is 1.76 bits per heavy atom. The highest BCUT2D eigenvalue weighted by molar-refractivity contribution is 5.73. The fourth-order valence-corrected chi connectivity index (χ4v) is 2.43. The Labute approximate surface area is 129 Å². The Kier molecular flexibility index (Phi) is 5.33. The molecule has 0 fully saturated rings. The molecule has 0 amide bonds. The molecule has 0 radical (unpaired) electrons. The number of carbonyl (C=O) groups excluding carboxylic acids is 1. The van der Waals surface area contributed by atoms with Crippen LogP contribution in [0.5, 0.6) is 0 Å². The normalized spacial score (nSPS) is 15.0. The largest absolute Gasteiger partial charge is 0.307 e. The predicted octanol–water partition coefficient (Wildman–Crippen LogP) is 5.56. The molecule has 0 saturated carbocycles. The van der Waals surface area contributed by atoms with Crippen molar-refractivity contribution in [2.24, 2.45) is 5.41 Å². The van der Waals surface area contributed by atoms with Crippen molar-refractivity contribution in [2.45, 2.75) is 53.4 Å². The quantitative estimate of drug-likeness (QED) is 0.660. The van der Waals surface area contributed by atoms with E-state index in [-0.39, 0.29) is 10.8 Å². The molecule has 114 valence electrons. The maximum Gasteiger partial charge on any atom is 0.106 e. The zero-order valence-electron chi connectivity index (χ0n) is 14.3. The van der Waals surface area contributed by atoms with Gasteiger partial charge in [0.05, 0.1) is 0 Å². The number of carbonyl (C=O) groups is 1. The van der Waals surface area contributed by atoms with Gasteiger partial charge in [-0.05, 0) is 39.5 Å². The van der Waals surface area contributed by atoms with Crippen molar-refractivity contribution in [2.75, 3.05) is 0 Å². The first-order valence-electron chi connectivity index (χ1n) is 7.49. The van der Waals surface area contributed by atoms with Crippen molar-refractivity contribution in [3.63, 3.8) is 0 Å². The Morgan fingerprint density at radius 2 is 1.38 bits per heavy atom. The number of hydrogen-bond acceptors (Lipinski definition) is 1. The highest BCUT2D eigenvalue weighted by Crippen LogP contribution is 2.36. The van der Waals surface area contributed by atoms with Crippen molar-refractivity contribution in [1.29, 1.82) is 0 Å². The van der Waals surface area contributed by atoms with E-state index in [0.717, 1.165) is 6.42 Å². The van der Waals surface area contributed by atoms with Gasteiger partial charge in [-0.1, -0.05) is 78.0 Å². The molecule has 0 bridgehead atoms. The molecule has 21 heavy (non-hydrogen) atoms. The third-order valence-electron chi connectivity index (χ3n) is 3.86. The van der Waals surface area contributed by atoms with E-state index in [1.165, 1.54) is 22.3 Å². The second-order valence-electron chi connectivity index (χ2n) is 7.61. The van der Waals surface area contributed by atoms with E-state index >= 15 is 0 Å². The van der Waals surface area contributed by atoms with E-state index in [1.54, 1.807) is 0 Å². The van der Waals surface area contributed by atoms with E-state index < -0.39 is 0 Å². The van der Waals surface area contributed by atoms with Gasteiger partial charge < -0.3 is 4.79 Å². The lowest BCUT2D eigenvalue weighted by Crippen LogP contribution is -2.10. The molecule has 0 aliphatic heterocycles. The highest BCUT2D eigenvalue weighted by Gasteiger charge is 2.20. The maximum atomic E-state index is 8.00. The lowest BCUT2D eigenvalue weighted by molar-refractivity contribution is -0.0979. The Balaban J connectivity index is 0.00000106. The molecular formula is C20H28O. The van der Waals surface area contributed by atoms with Gasteiger partial charge in [-0.15, -0.1) is 0 Å². The van der Waals surface area contributed by atoms with Crippen LogP contribution < -0.4 is 0 Å². The van der Waals surface area contributed by atoms with Crippen LogP contribution in [0.3, 0.4) is 0 Å². The van der Waals surface area contributed by atoms with Crippen LogP contribution in [0.25, 0.3) is 5.57 Å². The molecule has 0 saturated heterocycles. The summed E-state index contributed by atoms with van der Waals surface area (Å²) in [4.78, 5) is 8.00. The Morgan fingerprint density at radius 1 is 0.857 bits per heavy atom. The Bertz CT molecular complexity index is 531. The molecule has 1 aromatic rings. The summed E-state index contributed by atoms with van der Waals surface area (Å²) in [6.07, 6.45) is 5.81. The minimum Gasteiger partial charge on any atom is -0.307 e. The predicted molar refractivity (Wildman–Crippen MR) is 92.4 cm³/mol. The second kappa shape index (κ2) is 6.43. The SMILES string of the molecule is C=O.CC(C)(C)C1=CCC(c2ccc(C(C)(C)C)cc2)=C1. The fourth-order valence-electron chi connectivity index (χ4n) is 2.43. The van der Waals surface area contributed by atoms with E-state index in [0.29, 0.717) is 0 Å². The van der Waals surface area contributed by atoms with Gasteiger partial charge in [0.1, 0.15) is 6.79 Å². The van der Waals surface area contributed by atoms with Crippen LogP contribution in [0.15, 0.2) is 42.0 Å². The summed E-state index contributed by atoms with van der Waals surface area (Å²) in [6, 6.07) is 9.08. The minimum absolute atomic E-state index is 0.234. The Hall–Kier alpha value is -1.63. The van der Waals surface area contributed by atoms with Gasteiger partial charge in [-0.25, -0.2) is 0 Å². The first-order chi connectivity index (χ1) is 9.68. The fraction of sp³-hybridized carbons (Fsp3) is 0.450. The monoisotopic (exact) mass is 284 g/mol. The zero-order valence-corrected chi connectivity index (χ0v) is 14.3. The summed E-state index contributed by atoms with van der Waals surface area (Å²) in [5, 5.41) is 0. The molecule has 0 spiro atoms. The number of benzene rings is 1. The molecule has 0 unspecified atom stereocenters. The zero-order chi connectivity index (χ0) is 16.3. The van der Waals surface area contributed by atoms with Crippen molar-refractivity contribution in [3.05, 3.63) is 53.1 Å². The van der Waals surface area contributed by atoms with Crippen molar-refractivity contribution < 1.29 is 4.79 Å². The maximum absolute atomic E-state index is 8.00. The first-order valence-corrected chi connectivity index (χ1v) is 7.49. The van der Waals surface area contributed by atoms with E-state index in [2.05, 4.69) is 78.0 Å². The van der Waals surface area contributed by atoms with Crippen molar-refractivity contribution in [3.8, 4) is 0 Å². The van der Waals surface area contributed by atoms with Gasteiger partial charge in [-0.2, -0.15) is 0 Å². The van der Waals surface area contributed by atoms with E-state index in [9.17, 15) is 0 Å². The van der Waals surface area contributed by atoms with Crippen LogP contribution in [-0.2, 0) is 10.2 Å². The average molecular weight is 284 g/mol. The van der Waals surface area contributed by atoms with Gasteiger partial charge in [-0.3, -0.25) is 0 Å². The van der Waals surface area contributed by atoms with Gasteiger partial charge in [0.2, 0.25) is 0 Å². The van der Waals surface area contributed by atoms with Crippen LogP contribution in [0, 0.1) is 5.41 Å². The number of allylic oxidation sites excluding steroid dienone is 4. The number of hydrogen-bond donors (Lipinski definition) is 0. The molecule has 1 aliphatic carbocycles.